The predicted molar refractivity (Wildman–Crippen MR) is 130 cm³/mol. The molecule has 35 heavy (non-hydrogen) atoms. The van der Waals surface area contributed by atoms with Gasteiger partial charge in [0.05, 0.1) is 10.5 Å². The van der Waals surface area contributed by atoms with E-state index in [0.717, 1.165) is 18.1 Å². The van der Waals surface area contributed by atoms with E-state index in [1.165, 1.54) is 21.9 Å². The van der Waals surface area contributed by atoms with Gasteiger partial charge in [0.25, 0.3) is 17.2 Å². The van der Waals surface area contributed by atoms with Crippen molar-refractivity contribution in [3.63, 3.8) is 0 Å². The van der Waals surface area contributed by atoms with Crippen molar-refractivity contribution < 1.29 is 19.2 Å². The Morgan fingerprint density at radius 2 is 1.77 bits per heavy atom. The fourth-order valence-electron chi connectivity index (χ4n) is 3.32. The second-order valence-electron chi connectivity index (χ2n) is 7.36. The molecule has 0 bridgehead atoms. The highest BCUT2D eigenvalue weighted by molar-refractivity contribution is 7.15. The molecule has 1 N–H and O–H groups in total. The molecule has 0 unspecified atom stereocenters. The molecule has 0 aliphatic heterocycles. The van der Waals surface area contributed by atoms with Crippen LogP contribution in [0.25, 0.3) is 33.7 Å². The van der Waals surface area contributed by atoms with Crippen LogP contribution < -0.4 is 10.1 Å². The van der Waals surface area contributed by atoms with Gasteiger partial charge in [-0.2, -0.15) is 9.50 Å². The van der Waals surface area contributed by atoms with Crippen LogP contribution in [-0.2, 0) is 4.79 Å². The number of furan rings is 1. The Labute approximate surface area is 201 Å². The Morgan fingerprint density at radius 3 is 2.43 bits per heavy atom. The molecule has 11 heteroatoms. The lowest BCUT2D eigenvalue weighted by atomic mass is 10.1. The molecular weight excluding hydrogens is 472 g/mol. The van der Waals surface area contributed by atoms with Gasteiger partial charge in [0, 0.05) is 24.6 Å². The number of nitrogens with zero attached hydrogens (tertiary/aromatic N) is 4. The van der Waals surface area contributed by atoms with Crippen LogP contribution in [0.2, 0.25) is 0 Å². The fraction of sp³-hybridized carbons (Fsp3) is 0.0833. The van der Waals surface area contributed by atoms with Gasteiger partial charge in [-0.15, -0.1) is 5.10 Å². The first kappa shape index (κ1) is 23.5. The van der Waals surface area contributed by atoms with Crippen LogP contribution >= 0.6 is 11.3 Å². The molecule has 0 spiro atoms. The van der Waals surface area contributed by atoms with E-state index in [2.05, 4.69) is 10.1 Å². The summed E-state index contributed by atoms with van der Waals surface area (Å²) in [6, 6.07) is 17.4. The summed E-state index contributed by atoms with van der Waals surface area (Å²) in [7, 11) is 0. The number of fused-ring (bicyclic) bond motifs is 1. The third kappa shape index (κ3) is 4.99. The van der Waals surface area contributed by atoms with Crippen LogP contribution in [0.1, 0.15) is 18.2 Å². The van der Waals surface area contributed by atoms with Gasteiger partial charge >= 0.3 is 0 Å². The topological polar surface area (TPSA) is 141 Å². The van der Waals surface area contributed by atoms with Crippen molar-refractivity contribution in [2.75, 3.05) is 0 Å². The predicted octanol–water partition coefficient (Wildman–Crippen LogP) is 3.93. The zero-order chi connectivity index (χ0) is 25.1. The van der Waals surface area contributed by atoms with Crippen molar-refractivity contribution >= 4 is 34.0 Å². The molecule has 5 rings (SSSR count). The Bertz CT molecular complexity index is 1660. The quantitative estimate of drug-likeness (QED) is 0.295. The first-order valence-electron chi connectivity index (χ1n) is 10.2. The summed E-state index contributed by atoms with van der Waals surface area (Å²) in [5.41, 5.74) is 1.94. The summed E-state index contributed by atoms with van der Waals surface area (Å²) < 4.78 is 7.45. The Kier molecular flexibility index (Phi) is 6.51. The number of aliphatic carboxylic acids is 1. The molecule has 2 aromatic carbocycles. The number of carboxylic acids is 1. The number of aromatic nitrogens is 3. The zero-order valence-corrected chi connectivity index (χ0v) is 19.4. The van der Waals surface area contributed by atoms with Crippen molar-refractivity contribution in [3.05, 3.63) is 97.0 Å². The lowest BCUT2D eigenvalue weighted by Crippen LogP contribution is -2.23. The van der Waals surface area contributed by atoms with E-state index in [4.69, 9.17) is 14.3 Å². The average molecular weight is 490 g/mol. The maximum atomic E-state index is 12.8. The summed E-state index contributed by atoms with van der Waals surface area (Å²) in [6.07, 6.45) is 1.59. The standard InChI is InChI=1S/C22H14N4O4S.C2H4O2/c1-13-6-2-3-7-15(13)20-23-22-25(24-20)21(27)19(31-22)12-14-10-11-18(30-14)16-8-4-5-9-17(16)26(28)29;1-2(3)4/h2-12H,1H3;1H3,(H,3,4). The number of hydrogen-bond donors (Lipinski definition) is 1. The number of thiazole rings is 1. The van der Waals surface area contributed by atoms with Crippen molar-refractivity contribution in [3.8, 4) is 22.7 Å². The maximum Gasteiger partial charge on any atom is 0.300 e. The van der Waals surface area contributed by atoms with Crippen molar-refractivity contribution in [2.24, 2.45) is 0 Å². The number of nitro benzene ring substituents is 1. The maximum absolute atomic E-state index is 12.8. The number of carbonyl (C=O) groups is 1. The van der Waals surface area contributed by atoms with E-state index in [1.807, 2.05) is 31.2 Å². The Morgan fingerprint density at radius 1 is 1.11 bits per heavy atom. The number of hydrogen-bond acceptors (Lipinski definition) is 8. The van der Waals surface area contributed by atoms with Crippen LogP contribution in [0.4, 0.5) is 5.69 Å². The highest BCUT2D eigenvalue weighted by Crippen LogP contribution is 2.31. The number of nitro groups is 1. The zero-order valence-electron chi connectivity index (χ0n) is 18.5. The van der Waals surface area contributed by atoms with Crippen LogP contribution in [0.15, 0.2) is 69.9 Å². The average Bonchev–Trinajstić information content (AvgIpc) is 3.51. The van der Waals surface area contributed by atoms with E-state index >= 15 is 0 Å². The molecule has 10 nitrogen and oxygen atoms in total. The molecule has 0 fully saturated rings. The molecule has 5 aromatic rings. The number of benzene rings is 2. The molecule has 0 amide bonds. The SMILES string of the molecule is CC(=O)O.Cc1ccccc1-c1nc2sc(=Cc3ccc(-c4ccccc4[N+](=O)[O-])o3)c(=O)n2n1. The third-order valence-electron chi connectivity index (χ3n) is 4.83. The summed E-state index contributed by atoms with van der Waals surface area (Å²) in [5.74, 6) is 0.436. The van der Waals surface area contributed by atoms with E-state index in [-0.39, 0.29) is 11.2 Å². The number of para-hydroxylation sites is 1. The van der Waals surface area contributed by atoms with E-state index in [1.54, 1.807) is 36.4 Å². The molecule has 0 saturated heterocycles. The Hall–Kier alpha value is -4.64. The van der Waals surface area contributed by atoms with Gasteiger partial charge in [-0.3, -0.25) is 19.7 Å². The Balaban J connectivity index is 0.000000672. The molecule has 0 radical (unpaired) electrons. The summed E-state index contributed by atoms with van der Waals surface area (Å²) in [6.45, 7) is 3.05. The van der Waals surface area contributed by atoms with Gasteiger partial charge in [0.1, 0.15) is 16.1 Å². The highest BCUT2D eigenvalue weighted by Gasteiger charge is 2.17. The molecule has 0 aliphatic carbocycles. The highest BCUT2D eigenvalue weighted by atomic mass is 32.1. The normalized spacial score (nSPS) is 11.3. The second kappa shape index (κ2) is 9.69. The number of rotatable bonds is 4. The van der Waals surface area contributed by atoms with Crippen LogP contribution in [0.5, 0.6) is 0 Å². The van der Waals surface area contributed by atoms with Crippen molar-refractivity contribution in [2.45, 2.75) is 13.8 Å². The third-order valence-corrected chi connectivity index (χ3v) is 5.79. The number of aryl methyl sites for hydroxylation is 1. The van der Waals surface area contributed by atoms with E-state index < -0.39 is 10.9 Å². The molecular formula is C24H18N4O6S. The molecule has 0 aliphatic rings. The van der Waals surface area contributed by atoms with Crippen molar-refractivity contribution in [1.29, 1.82) is 0 Å². The first-order valence-corrected chi connectivity index (χ1v) is 11.1. The number of carboxylic acid groups (broad SMARTS) is 1. The molecule has 176 valence electrons. The smallest absolute Gasteiger partial charge is 0.300 e. The van der Waals surface area contributed by atoms with Gasteiger partial charge < -0.3 is 9.52 Å². The minimum Gasteiger partial charge on any atom is -0.481 e. The van der Waals surface area contributed by atoms with Gasteiger partial charge in [-0.25, -0.2) is 0 Å². The monoisotopic (exact) mass is 490 g/mol. The van der Waals surface area contributed by atoms with Gasteiger partial charge in [-0.05, 0) is 30.7 Å². The molecule has 0 atom stereocenters. The molecule has 0 saturated carbocycles. The van der Waals surface area contributed by atoms with E-state index in [0.29, 0.717) is 32.4 Å². The van der Waals surface area contributed by atoms with Crippen LogP contribution in [0, 0.1) is 17.0 Å². The largest absolute Gasteiger partial charge is 0.481 e. The van der Waals surface area contributed by atoms with Gasteiger partial charge in [-0.1, -0.05) is 47.7 Å². The molecule has 3 aromatic heterocycles. The van der Waals surface area contributed by atoms with Gasteiger partial charge in [0.2, 0.25) is 4.96 Å². The van der Waals surface area contributed by atoms with Crippen LogP contribution in [-0.4, -0.2) is 30.6 Å². The summed E-state index contributed by atoms with van der Waals surface area (Å²) in [4.78, 5) is 37.6. The molecule has 3 heterocycles. The van der Waals surface area contributed by atoms with Gasteiger partial charge in [0.15, 0.2) is 5.82 Å². The minimum absolute atomic E-state index is 0.0459. The lowest BCUT2D eigenvalue weighted by Gasteiger charge is -1.98. The van der Waals surface area contributed by atoms with E-state index in [9.17, 15) is 14.9 Å². The summed E-state index contributed by atoms with van der Waals surface area (Å²) in [5, 5.41) is 23.0. The lowest BCUT2D eigenvalue weighted by molar-refractivity contribution is -0.384. The minimum atomic E-state index is -0.833. The van der Waals surface area contributed by atoms with Crippen LogP contribution in [0.3, 0.4) is 0 Å². The summed E-state index contributed by atoms with van der Waals surface area (Å²) >= 11 is 1.21. The fourth-order valence-corrected chi connectivity index (χ4v) is 4.21. The van der Waals surface area contributed by atoms with Crippen molar-refractivity contribution in [1.82, 2.24) is 14.6 Å². The first-order chi connectivity index (χ1) is 16.7. The second-order valence-corrected chi connectivity index (χ2v) is 8.36.